The van der Waals surface area contributed by atoms with E-state index in [4.69, 9.17) is 10.5 Å². The van der Waals surface area contributed by atoms with Gasteiger partial charge < -0.3 is 15.6 Å². The lowest BCUT2D eigenvalue weighted by atomic mass is 9.66. The van der Waals surface area contributed by atoms with Crippen molar-refractivity contribution >= 4 is 0 Å². The molecule has 1 fully saturated rings. The van der Waals surface area contributed by atoms with Gasteiger partial charge in [-0.1, -0.05) is 24.3 Å². The molecular weight excluding hydrogens is 250 g/mol. The summed E-state index contributed by atoms with van der Waals surface area (Å²) in [6.07, 6.45) is 4.59. The van der Waals surface area contributed by atoms with E-state index in [1.165, 1.54) is 11.1 Å². The third-order valence-electron chi connectivity index (χ3n) is 5.20. The van der Waals surface area contributed by atoms with Crippen molar-refractivity contribution in [2.24, 2.45) is 11.1 Å². The summed E-state index contributed by atoms with van der Waals surface area (Å²) >= 11 is 0. The van der Waals surface area contributed by atoms with Crippen molar-refractivity contribution in [1.82, 2.24) is 0 Å². The highest BCUT2D eigenvalue weighted by atomic mass is 16.5. The maximum Gasteiger partial charge on any atom is 0.0873 e. The smallest absolute Gasteiger partial charge is 0.0873 e. The van der Waals surface area contributed by atoms with Crippen LogP contribution in [0.15, 0.2) is 24.3 Å². The number of benzene rings is 1. The Morgan fingerprint density at radius 3 is 2.75 bits per heavy atom. The van der Waals surface area contributed by atoms with Gasteiger partial charge in [0.2, 0.25) is 0 Å². The minimum atomic E-state index is -0.453. The van der Waals surface area contributed by atoms with Crippen LogP contribution in [0, 0.1) is 5.41 Å². The lowest BCUT2D eigenvalue weighted by Crippen LogP contribution is -2.51. The zero-order chi connectivity index (χ0) is 14.2. The highest BCUT2D eigenvalue weighted by molar-refractivity contribution is 5.31. The van der Waals surface area contributed by atoms with Crippen LogP contribution >= 0.6 is 0 Å². The van der Waals surface area contributed by atoms with Crippen LogP contribution in [-0.2, 0) is 17.6 Å². The summed E-state index contributed by atoms with van der Waals surface area (Å²) in [6.45, 7) is 2.61. The maximum atomic E-state index is 10.9. The molecule has 0 radical (unpaired) electrons. The van der Waals surface area contributed by atoms with Crippen LogP contribution in [0.5, 0.6) is 0 Å². The first-order chi connectivity index (χ1) is 9.64. The fraction of sp³-hybridized carbons (Fsp3) is 0.647. The van der Waals surface area contributed by atoms with Gasteiger partial charge in [0.1, 0.15) is 0 Å². The van der Waals surface area contributed by atoms with E-state index in [0.29, 0.717) is 6.54 Å². The number of aliphatic hydroxyl groups excluding tert-OH is 1. The molecule has 1 aromatic carbocycles. The van der Waals surface area contributed by atoms with Gasteiger partial charge in [0, 0.05) is 12.0 Å². The molecule has 0 amide bonds. The van der Waals surface area contributed by atoms with Crippen molar-refractivity contribution < 1.29 is 9.84 Å². The van der Waals surface area contributed by atoms with Gasteiger partial charge >= 0.3 is 0 Å². The topological polar surface area (TPSA) is 55.5 Å². The molecule has 2 aliphatic rings. The first-order valence-electron chi connectivity index (χ1n) is 7.75. The van der Waals surface area contributed by atoms with Gasteiger partial charge in [-0.05, 0) is 50.2 Å². The second-order valence-electron chi connectivity index (χ2n) is 6.52. The van der Waals surface area contributed by atoms with Gasteiger partial charge in [0.05, 0.1) is 18.3 Å². The highest BCUT2D eigenvalue weighted by Gasteiger charge is 2.45. The zero-order valence-corrected chi connectivity index (χ0v) is 12.2. The van der Waals surface area contributed by atoms with E-state index in [0.717, 1.165) is 32.1 Å². The van der Waals surface area contributed by atoms with E-state index in [9.17, 15) is 5.11 Å². The number of hydrogen-bond donors (Lipinski definition) is 2. The summed E-state index contributed by atoms with van der Waals surface area (Å²) in [7, 11) is 0. The predicted octanol–water partition coefficient (Wildman–Crippen LogP) is 2.05. The Morgan fingerprint density at radius 1 is 1.35 bits per heavy atom. The summed E-state index contributed by atoms with van der Waals surface area (Å²) in [6, 6.07) is 8.53. The van der Waals surface area contributed by atoms with Crippen LogP contribution in [0.1, 0.15) is 37.3 Å². The average Bonchev–Trinajstić information content (AvgIpc) is 2.92. The lowest BCUT2D eigenvalue weighted by molar-refractivity contribution is -0.0912. The van der Waals surface area contributed by atoms with Gasteiger partial charge in [-0.2, -0.15) is 0 Å². The van der Waals surface area contributed by atoms with Crippen LogP contribution in [0.4, 0.5) is 0 Å². The van der Waals surface area contributed by atoms with Crippen molar-refractivity contribution in [3.05, 3.63) is 35.4 Å². The summed E-state index contributed by atoms with van der Waals surface area (Å²) in [5, 5.41) is 10.9. The highest BCUT2D eigenvalue weighted by Crippen LogP contribution is 2.41. The van der Waals surface area contributed by atoms with Gasteiger partial charge in [-0.25, -0.2) is 0 Å². The molecule has 3 nitrogen and oxygen atoms in total. The molecule has 20 heavy (non-hydrogen) atoms. The van der Waals surface area contributed by atoms with E-state index in [1.807, 2.05) is 0 Å². The van der Waals surface area contributed by atoms with E-state index >= 15 is 0 Å². The van der Waals surface area contributed by atoms with Crippen molar-refractivity contribution in [2.75, 3.05) is 6.54 Å². The minimum absolute atomic E-state index is 0.0428. The summed E-state index contributed by atoms with van der Waals surface area (Å²) in [4.78, 5) is 0. The SMILES string of the molecule is CC1CCC(C(O)C2(CN)CCc3ccccc3C2)O1. The lowest BCUT2D eigenvalue weighted by Gasteiger charge is -2.43. The molecule has 1 aromatic rings. The summed E-state index contributed by atoms with van der Waals surface area (Å²) < 4.78 is 5.89. The average molecular weight is 275 g/mol. The van der Waals surface area contributed by atoms with Gasteiger partial charge in [-0.3, -0.25) is 0 Å². The molecule has 0 bridgehead atoms. The fourth-order valence-electron chi connectivity index (χ4n) is 3.83. The standard InChI is InChI=1S/C17H25NO2/c1-12-6-7-15(20-12)16(19)17(11-18)9-8-13-4-2-3-5-14(13)10-17/h2-5,12,15-16,19H,6-11,18H2,1H3. The number of fused-ring (bicyclic) bond motifs is 1. The molecule has 110 valence electrons. The van der Waals surface area contributed by atoms with Crippen molar-refractivity contribution in [1.29, 1.82) is 0 Å². The molecule has 3 N–H and O–H groups in total. The second kappa shape index (κ2) is 5.47. The Balaban J connectivity index is 1.82. The minimum Gasteiger partial charge on any atom is -0.390 e. The van der Waals surface area contributed by atoms with Gasteiger partial charge in [-0.15, -0.1) is 0 Å². The molecule has 0 spiro atoms. The van der Waals surface area contributed by atoms with E-state index in [2.05, 4.69) is 31.2 Å². The third-order valence-corrected chi connectivity index (χ3v) is 5.20. The van der Waals surface area contributed by atoms with E-state index < -0.39 is 6.10 Å². The number of ether oxygens (including phenoxy) is 1. The first-order valence-corrected chi connectivity index (χ1v) is 7.75. The molecule has 3 rings (SSSR count). The quantitative estimate of drug-likeness (QED) is 0.887. The monoisotopic (exact) mass is 275 g/mol. The molecule has 0 saturated carbocycles. The molecule has 1 aliphatic heterocycles. The predicted molar refractivity (Wildman–Crippen MR) is 79.5 cm³/mol. The Hall–Kier alpha value is -0.900. The van der Waals surface area contributed by atoms with E-state index in [-0.39, 0.29) is 17.6 Å². The first kappa shape index (κ1) is 14.1. The van der Waals surface area contributed by atoms with Crippen LogP contribution in [0.3, 0.4) is 0 Å². The zero-order valence-electron chi connectivity index (χ0n) is 12.2. The Morgan fingerprint density at radius 2 is 2.10 bits per heavy atom. The number of aliphatic hydroxyl groups is 1. The van der Waals surface area contributed by atoms with Gasteiger partial charge in [0.25, 0.3) is 0 Å². The van der Waals surface area contributed by atoms with Crippen LogP contribution < -0.4 is 5.73 Å². The number of hydrogen-bond acceptors (Lipinski definition) is 3. The Kier molecular flexibility index (Phi) is 3.85. The number of rotatable bonds is 3. The van der Waals surface area contributed by atoms with Crippen molar-refractivity contribution in [2.45, 2.75) is 57.3 Å². The molecular formula is C17H25NO2. The molecule has 1 saturated heterocycles. The third kappa shape index (κ3) is 2.39. The number of nitrogens with two attached hydrogens (primary N) is 1. The van der Waals surface area contributed by atoms with Crippen molar-refractivity contribution in [3.63, 3.8) is 0 Å². The normalized spacial score (nSPS) is 34.8. The van der Waals surface area contributed by atoms with Crippen LogP contribution in [-0.4, -0.2) is 30.0 Å². The number of aryl methyl sites for hydroxylation is 1. The van der Waals surface area contributed by atoms with Gasteiger partial charge in [0.15, 0.2) is 0 Å². The Bertz CT molecular complexity index is 476. The van der Waals surface area contributed by atoms with E-state index in [1.54, 1.807) is 0 Å². The van der Waals surface area contributed by atoms with Crippen LogP contribution in [0.25, 0.3) is 0 Å². The largest absolute Gasteiger partial charge is 0.390 e. The summed E-state index contributed by atoms with van der Waals surface area (Å²) in [5.74, 6) is 0. The molecule has 3 heteroatoms. The maximum absolute atomic E-state index is 10.9. The Labute approximate surface area is 121 Å². The molecule has 4 unspecified atom stereocenters. The summed E-state index contributed by atoms with van der Waals surface area (Å²) in [5.41, 5.74) is 8.61. The fourth-order valence-corrected chi connectivity index (χ4v) is 3.83. The molecule has 0 aromatic heterocycles. The molecule has 4 atom stereocenters. The van der Waals surface area contributed by atoms with Crippen LogP contribution in [0.2, 0.25) is 0 Å². The molecule has 1 aliphatic carbocycles. The van der Waals surface area contributed by atoms with Crippen molar-refractivity contribution in [3.8, 4) is 0 Å². The second-order valence-corrected chi connectivity index (χ2v) is 6.52. The molecule has 1 heterocycles.